The first kappa shape index (κ1) is 8.59. The Labute approximate surface area is 69.4 Å². The fraction of sp³-hybridized carbons (Fsp3) is 0.900. The van der Waals surface area contributed by atoms with Gasteiger partial charge in [-0.3, -0.25) is 0 Å². The monoisotopic (exact) mass is 151 g/mol. The van der Waals surface area contributed by atoms with E-state index in [1.54, 1.807) is 0 Å². The summed E-state index contributed by atoms with van der Waals surface area (Å²) in [6.45, 7) is 8.69. The van der Waals surface area contributed by atoms with Gasteiger partial charge < -0.3 is 0 Å². The third-order valence-corrected chi connectivity index (χ3v) is 3.14. The topological polar surface area (TPSA) is 23.8 Å². The normalized spacial score (nSPS) is 36.5. The fourth-order valence-electron chi connectivity index (χ4n) is 2.05. The lowest BCUT2D eigenvalue weighted by Gasteiger charge is -2.25. The molecule has 1 aliphatic rings. The van der Waals surface area contributed by atoms with Crippen LogP contribution in [0, 0.1) is 28.1 Å². The second-order valence-electron chi connectivity index (χ2n) is 4.64. The van der Waals surface area contributed by atoms with Gasteiger partial charge in [0.2, 0.25) is 0 Å². The average Bonchev–Trinajstić information content (AvgIpc) is 2.60. The maximum Gasteiger partial charge on any atom is 0.0698 e. The Hall–Kier alpha value is -0.510. The Morgan fingerprint density at radius 3 is 2.18 bits per heavy atom. The first-order valence-electron chi connectivity index (χ1n) is 4.39. The molecule has 0 bridgehead atoms. The van der Waals surface area contributed by atoms with E-state index in [0.29, 0.717) is 5.92 Å². The number of nitriles is 1. The van der Waals surface area contributed by atoms with Gasteiger partial charge in [-0.25, -0.2) is 0 Å². The molecule has 11 heavy (non-hydrogen) atoms. The van der Waals surface area contributed by atoms with E-state index in [4.69, 9.17) is 5.26 Å². The Balaban J connectivity index is 2.77. The summed E-state index contributed by atoms with van der Waals surface area (Å²) in [6, 6.07) is 2.49. The van der Waals surface area contributed by atoms with Crippen molar-refractivity contribution in [1.29, 1.82) is 5.26 Å². The van der Waals surface area contributed by atoms with Gasteiger partial charge in [0, 0.05) is 0 Å². The minimum absolute atomic E-state index is 0.00174. The zero-order valence-electron chi connectivity index (χ0n) is 7.94. The molecular weight excluding hydrogens is 134 g/mol. The molecule has 1 rings (SSSR count). The van der Waals surface area contributed by atoms with Crippen LogP contribution in [0.25, 0.3) is 0 Å². The first-order chi connectivity index (χ1) is 4.98. The van der Waals surface area contributed by atoms with Crippen molar-refractivity contribution >= 4 is 0 Å². The van der Waals surface area contributed by atoms with Crippen molar-refractivity contribution in [1.82, 2.24) is 0 Å². The van der Waals surface area contributed by atoms with Crippen molar-refractivity contribution in [3.05, 3.63) is 0 Å². The highest BCUT2D eigenvalue weighted by atomic mass is 14.6. The first-order valence-corrected chi connectivity index (χ1v) is 4.39. The van der Waals surface area contributed by atoms with Crippen LogP contribution in [0.5, 0.6) is 0 Å². The zero-order valence-corrected chi connectivity index (χ0v) is 7.94. The van der Waals surface area contributed by atoms with Gasteiger partial charge in [0.15, 0.2) is 0 Å². The summed E-state index contributed by atoms with van der Waals surface area (Å²) in [7, 11) is 0. The van der Waals surface area contributed by atoms with Gasteiger partial charge in [-0.1, -0.05) is 34.1 Å². The molecule has 0 aromatic heterocycles. The second-order valence-corrected chi connectivity index (χ2v) is 4.64. The molecule has 1 saturated carbocycles. The summed E-state index contributed by atoms with van der Waals surface area (Å²) < 4.78 is 0. The van der Waals surface area contributed by atoms with Crippen molar-refractivity contribution < 1.29 is 0 Å². The maximum atomic E-state index is 9.04. The van der Waals surface area contributed by atoms with Gasteiger partial charge in [-0.15, -0.1) is 0 Å². The second kappa shape index (κ2) is 2.24. The molecule has 0 saturated heterocycles. The SMILES string of the molecule is CC[C@@H]1C[C@]1(C#N)C(C)(C)C. The van der Waals surface area contributed by atoms with Crippen molar-refractivity contribution in [2.45, 2.75) is 40.5 Å². The third kappa shape index (κ3) is 1.05. The minimum Gasteiger partial charge on any atom is -0.198 e. The smallest absolute Gasteiger partial charge is 0.0698 e. The van der Waals surface area contributed by atoms with Crippen LogP contribution in [0.2, 0.25) is 0 Å². The number of hydrogen-bond acceptors (Lipinski definition) is 1. The quantitative estimate of drug-likeness (QED) is 0.565. The lowest BCUT2D eigenvalue weighted by atomic mass is 9.76. The zero-order chi connectivity index (χ0) is 8.70. The van der Waals surface area contributed by atoms with Crippen LogP contribution in [-0.2, 0) is 0 Å². The highest BCUT2D eigenvalue weighted by molar-refractivity contribution is 5.20. The van der Waals surface area contributed by atoms with Gasteiger partial charge in [-0.2, -0.15) is 5.26 Å². The van der Waals surface area contributed by atoms with E-state index in [1.807, 2.05) is 0 Å². The lowest BCUT2D eigenvalue weighted by Crippen LogP contribution is -2.22. The summed E-state index contributed by atoms with van der Waals surface area (Å²) in [5, 5.41) is 9.04. The van der Waals surface area contributed by atoms with Gasteiger partial charge in [-0.05, 0) is 17.8 Å². The summed E-state index contributed by atoms with van der Waals surface area (Å²) in [6.07, 6.45) is 2.27. The molecule has 0 heterocycles. The largest absolute Gasteiger partial charge is 0.198 e. The van der Waals surface area contributed by atoms with Crippen molar-refractivity contribution in [2.24, 2.45) is 16.7 Å². The predicted molar refractivity (Wildman–Crippen MR) is 45.9 cm³/mol. The van der Waals surface area contributed by atoms with Crippen LogP contribution in [0.4, 0.5) is 0 Å². The molecular formula is C10H17N. The molecule has 0 aliphatic heterocycles. The lowest BCUT2D eigenvalue weighted by molar-refractivity contribution is 0.254. The van der Waals surface area contributed by atoms with Gasteiger partial charge in [0.25, 0.3) is 0 Å². The summed E-state index contributed by atoms with van der Waals surface area (Å²) in [4.78, 5) is 0. The van der Waals surface area contributed by atoms with Crippen LogP contribution in [0.15, 0.2) is 0 Å². The van der Waals surface area contributed by atoms with Crippen LogP contribution >= 0.6 is 0 Å². The molecule has 2 atom stereocenters. The molecule has 1 fully saturated rings. The molecule has 1 nitrogen and oxygen atoms in total. The molecule has 0 radical (unpaired) electrons. The van der Waals surface area contributed by atoms with E-state index in [9.17, 15) is 0 Å². The molecule has 62 valence electrons. The highest BCUT2D eigenvalue weighted by Crippen LogP contribution is 2.63. The summed E-state index contributed by atoms with van der Waals surface area (Å²) in [5.41, 5.74) is 0.171. The fourth-order valence-corrected chi connectivity index (χ4v) is 2.05. The number of nitrogens with zero attached hydrogens (tertiary/aromatic N) is 1. The number of hydrogen-bond donors (Lipinski definition) is 0. The van der Waals surface area contributed by atoms with Gasteiger partial charge in [0.1, 0.15) is 0 Å². The summed E-state index contributed by atoms with van der Waals surface area (Å²) in [5.74, 6) is 0.660. The van der Waals surface area contributed by atoms with E-state index in [-0.39, 0.29) is 10.8 Å². The van der Waals surface area contributed by atoms with Crippen LogP contribution < -0.4 is 0 Å². The Bertz CT molecular complexity index is 194. The van der Waals surface area contributed by atoms with Crippen molar-refractivity contribution in [2.75, 3.05) is 0 Å². The van der Waals surface area contributed by atoms with E-state index >= 15 is 0 Å². The molecule has 0 aromatic rings. The molecule has 0 unspecified atom stereocenters. The third-order valence-electron chi connectivity index (χ3n) is 3.14. The molecule has 1 aliphatic carbocycles. The molecule has 1 heteroatoms. The minimum atomic E-state index is 0.00174. The summed E-state index contributed by atoms with van der Waals surface area (Å²) >= 11 is 0. The maximum absolute atomic E-state index is 9.04. The van der Waals surface area contributed by atoms with Crippen LogP contribution in [0.3, 0.4) is 0 Å². The highest BCUT2D eigenvalue weighted by Gasteiger charge is 2.60. The van der Waals surface area contributed by atoms with E-state index in [2.05, 4.69) is 33.8 Å². The average molecular weight is 151 g/mol. The van der Waals surface area contributed by atoms with E-state index < -0.39 is 0 Å². The Morgan fingerprint density at radius 2 is 2.09 bits per heavy atom. The predicted octanol–water partition coefficient (Wildman–Crippen LogP) is 2.97. The number of rotatable bonds is 1. The van der Waals surface area contributed by atoms with Crippen LogP contribution in [0.1, 0.15) is 40.5 Å². The molecule has 0 amide bonds. The molecule has 0 N–H and O–H groups in total. The Morgan fingerprint density at radius 1 is 1.55 bits per heavy atom. The molecule has 0 spiro atoms. The molecule has 0 aromatic carbocycles. The van der Waals surface area contributed by atoms with Crippen molar-refractivity contribution in [3.8, 4) is 6.07 Å². The van der Waals surface area contributed by atoms with E-state index in [1.165, 1.54) is 0 Å². The standard InChI is InChI=1S/C10H17N/c1-5-8-6-10(8,7-11)9(2,3)4/h8H,5-6H2,1-4H3/t8-,10-/m1/s1. The van der Waals surface area contributed by atoms with E-state index in [0.717, 1.165) is 12.8 Å². The Kier molecular flexibility index (Phi) is 1.75. The van der Waals surface area contributed by atoms with Gasteiger partial charge >= 0.3 is 0 Å². The van der Waals surface area contributed by atoms with Crippen molar-refractivity contribution in [3.63, 3.8) is 0 Å². The van der Waals surface area contributed by atoms with Crippen LogP contribution in [-0.4, -0.2) is 0 Å². The van der Waals surface area contributed by atoms with Gasteiger partial charge in [0.05, 0.1) is 11.5 Å².